The van der Waals surface area contributed by atoms with E-state index in [4.69, 9.17) is 6.92 Å². The highest BCUT2D eigenvalue weighted by Gasteiger charge is 1.91. The zero-order valence-electron chi connectivity index (χ0n) is 4.85. The number of hydrogen-bond acceptors (Lipinski definition) is 0. The predicted octanol–water partition coefficient (Wildman–Crippen LogP) is 2.30. The lowest BCUT2D eigenvalue weighted by atomic mass is 10.1. The SMILES string of the molecule is [CH]C(CC)CC=C. The Morgan fingerprint density at radius 1 is 1.86 bits per heavy atom. The van der Waals surface area contributed by atoms with Crippen LogP contribution in [0.25, 0.3) is 0 Å². The van der Waals surface area contributed by atoms with Crippen LogP contribution in [-0.4, -0.2) is 0 Å². The third kappa shape index (κ3) is 3.57. The molecule has 0 bridgehead atoms. The van der Waals surface area contributed by atoms with Crippen LogP contribution in [0.2, 0.25) is 0 Å². The topological polar surface area (TPSA) is 0 Å². The molecule has 7 heavy (non-hydrogen) atoms. The van der Waals surface area contributed by atoms with Crippen molar-refractivity contribution >= 4 is 0 Å². The van der Waals surface area contributed by atoms with Crippen LogP contribution in [-0.2, 0) is 0 Å². The van der Waals surface area contributed by atoms with Crippen molar-refractivity contribution < 1.29 is 0 Å². The maximum Gasteiger partial charge on any atom is -0.0315 e. The molecule has 0 heterocycles. The summed E-state index contributed by atoms with van der Waals surface area (Å²) in [5.41, 5.74) is 0. The molecule has 0 aliphatic rings. The summed E-state index contributed by atoms with van der Waals surface area (Å²) >= 11 is 0. The molecule has 40 valence electrons. The Hall–Kier alpha value is -0.260. The van der Waals surface area contributed by atoms with E-state index >= 15 is 0 Å². The molecule has 0 heteroatoms. The minimum Gasteiger partial charge on any atom is -0.103 e. The molecular formula is C7H12. The van der Waals surface area contributed by atoms with Crippen molar-refractivity contribution in [1.29, 1.82) is 0 Å². The molecule has 0 aromatic heterocycles. The van der Waals surface area contributed by atoms with Crippen molar-refractivity contribution in [2.45, 2.75) is 19.8 Å². The van der Waals surface area contributed by atoms with Gasteiger partial charge < -0.3 is 0 Å². The van der Waals surface area contributed by atoms with E-state index in [0.29, 0.717) is 5.92 Å². The van der Waals surface area contributed by atoms with Crippen molar-refractivity contribution in [3.8, 4) is 0 Å². The van der Waals surface area contributed by atoms with Crippen LogP contribution in [0.1, 0.15) is 19.8 Å². The summed E-state index contributed by atoms with van der Waals surface area (Å²) < 4.78 is 0. The summed E-state index contributed by atoms with van der Waals surface area (Å²) in [6.07, 6.45) is 3.84. The molecule has 0 spiro atoms. The van der Waals surface area contributed by atoms with Gasteiger partial charge >= 0.3 is 0 Å². The summed E-state index contributed by atoms with van der Waals surface area (Å²) in [7, 11) is 0. The van der Waals surface area contributed by atoms with Gasteiger partial charge in [-0.25, -0.2) is 0 Å². The third-order valence-corrected chi connectivity index (χ3v) is 0.994. The fraction of sp³-hybridized carbons (Fsp3) is 0.571. The van der Waals surface area contributed by atoms with Crippen LogP contribution in [0.15, 0.2) is 12.7 Å². The second-order valence-corrected chi connectivity index (χ2v) is 1.69. The van der Waals surface area contributed by atoms with E-state index in [2.05, 4.69) is 13.5 Å². The molecule has 0 aliphatic carbocycles. The molecular weight excluding hydrogens is 84.1 g/mol. The van der Waals surface area contributed by atoms with Gasteiger partial charge in [0, 0.05) is 0 Å². The monoisotopic (exact) mass is 96.1 g/mol. The van der Waals surface area contributed by atoms with Crippen LogP contribution < -0.4 is 0 Å². The van der Waals surface area contributed by atoms with Crippen LogP contribution in [0.4, 0.5) is 0 Å². The largest absolute Gasteiger partial charge is 0.103 e. The average Bonchev–Trinajstić information content (AvgIpc) is 1.68. The van der Waals surface area contributed by atoms with Gasteiger partial charge in [-0.05, 0) is 19.3 Å². The maximum atomic E-state index is 5.51. The average molecular weight is 96.2 g/mol. The van der Waals surface area contributed by atoms with Gasteiger partial charge in [0.2, 0.25) is 0 Å². The Bertz CT molecular complexity index is 46.0. The van der Waals surface area contributed by atoms with Gasteiger partial charge in [0.1, 0.15) is 0 Å². The molecule has 0 N–H and O–H groups in total. The van der Waals surface area contributed by atoms with E-state index in [1.54, 1.807) is 0 Å². The van der Waals surface area contributed by atoms with Gasteiger partial charge in [-0.1, -0.05) is 19.4 Å². The van der Waals surface area contributed by atoms with E-state index in [-0.39, 0.29) is 0 Å². The van der Waals surface area contributed by atoms with Crippen molar-refractivity contribution in [3.63, 3.8) is 0 Å². The van der Waals surface area contributed by atoms with Gasteiger partial charge in [-0.15, -0.1) is 6.58 Å². The lowest BCUT2D eigenvalue weighted by Crippen LogP contribution is -1.87. The Balaban J connectivity index is 2.98. The predicted molar refractivity (Wildman–Crippen MR) is 32.9 cm³/mol. The first-order valence-corrected chi connectivity index (χ1v) is 2.67. The zero-order chi connectivity index (χ0) is 5.70. The first-order valence-electron chi connectivity index (χ1n) is 2.67. The summed E-state index contributed by atoms with van der Waals surface area (Å²) in [6, 6.07) is 0. The fourth-order valence-corrected chi connectivity index (χ4v) is 0.381. The van der Waals surface area contributed by atoms with Gasteiger partial charge in [-0.2, -0.15) is 0 Å². The van der Waals surface area contributed by atoms with E-state index in [1.165, 1.54) is 0 Å². The summed E-state index contributed by atoms with van der Waals surface area (Å²) in [5, 5.41) is 0. The lowest BCUT2D eigenvalue weighted by molar-refractivity contribution is 0.635. The van der Waals surface area contributed by atoms with Crippen LogP contribution in [0.5, 0.6) is 0 Å². The summed E-state index contributed by atoms with van der Waals surface area (Å²) in [6.45, 7) is 11.2. The first-order chi connectivity index (χ1) is 3.31. The number of rotatable bonds is 3. The zero-order valence-corrected chi connectivity index (χ0v) is 4.85. The number of allylic oxidation sites excluding steroid dienone is 1. The summed E-state index contributed by atoms with van der Waals surface area (Å²) in [4.78, 5) is 0. The minimum absolute atomic E-state index is 0.331. The quantitative estimate of drug-likeness (QED) is 0.473. The van der Waals surface area contributed by atoms with Crippen molar-refractivity contribution in [2.24, 2.45) is 5.92 Å². The normalized spacial score (nSPS) is 13.4. The first kappa shape index (κ1) is 6.74. The molecule has 2 radical (unpaired) electrons. The highest BCUT2D eigenvalue weighted by atomic mass is 14.0. The second-order valence-electron chi connectivity index (χ2n) is 1.69. The molecule has 0 fully saturated rings. The molecule has 1 atom stereocenters. The van der Waals surface area contributed by atoms with E-state index in [9.17, 15) is 0 Å². The lowest BCUT2D eigenvalue weighted by Gasteiger charge is -1.99. The molecule has 0 aromatic carbocycles. The third-order valence-electron chi connectivity index (χ3n) is 0.994. The molecule has 0 nitrogen and oxygen atoms in total. The highest BCUT2D eigenvalue weighted by Crippen LogP contribution is 2.04. The van der Waals surface area contributed by atoms with Crippen LogP contribution in [0.3, 0.4) is 0 Å². The Morgan fingerprint density at radius 3 is 2.57 bits per heavy atom. The van der Waals surface area contributed by atoms with Crippen molar-refractivity contribution in [3.05, 3.63) is 19.6 Å². The molecule has 0 aliphatic heterocycles. The Labute approximate surface area is 46.2 Å². The molecule has 0 aromatic rings. The molecule has 0 saturated carbocycles. The molecule has 0 amide bonds. The van der Waals surface area contributed by atoms with Crippen LogP contribution in [0, 0.1) is 12.8 Å². The van der Waals surface area contributed by atoms with Crippen LogP contribution >= 0.6 is 0 Å². The fourth-order valence-electron chi connectivity index (χ4n) is 0.381. The van der Waals surface area contributed by atoms with Gasteiger partial charge in [0.25, 0.3) is 0 Å². The second kappa shape index (κ2) is 3.91. The Morgan fingerprint density at radius 2 is 2.43 bits per heavy atom. The highest BCUT2D eigenvalue weighted by molar-refractivity contribution is 4.72. The minimum atomic E-state index is 0.331. The molecule has 0 saturated heterocycles. The molecule has 1 unspecified atom stereocenters. The molecule has 0 rings (SSSR count). The standard InChI is InChI=1S/C7H12/c1-4-6-7(3)5-2/h3-4,7H,1,5-6H2,2H3. The van der Waals surface area contributed by atoms with Gasteiger partial charge in [0.15, 0.2) is 0 Å². The van der Waals surface area contributed by atoms with Gasteiger partial charge in [-0.3, -0.25) is 0 Å². The maximum absolute atomic E-state index is 5.51. The van der Waals surface area contributed by atoms with Gasteiger partial charge in [0.05, 0.1) is 0 Å². The number of hydrogen-bond donors (Lipinski definition) is 0. The van der Waals surface area contributed by atoms with Crippen molar-refractivity contribution in [2.75, 3.05) is 0 Å². The van der Waals surface area contributed by atoms with Crippen molar-refractivity contribution in [1.82, 2.24) is 0 Å². The van der Waals surface area contributed by atoms with E-state index in [1.807, 2.05) is 6.08 Å². The smallest absolute Gasteiger partial charge is 0.0315 e. The summed E-state index contributed by atoms with van der Waals surface area (Å²) in [5.74, 6) is 0.331. The Kier molecular flexibility index (Phi) is 3.77. The van der Waals surface area contributed by atoms with E-state index < -0.39 is 0 Å². The van der Waals surface area contributed by atoms with E-state index in [0.717, 1.165) is 12.8 Å².